The van der Waals surface area contributed by atoms with E-state index in [-0.39, 0.29) is 17.0 Å². The molecule has 1 heterocycles. The Hall–Kier alpha value is -1.16. The van der Waals surface area contributed by atoms with E-state index in [0.29, 0.717) is 6.54 Å². The van der Waals surface area contributed by atoms with Crippen molar-refractivity contribution in [3.8, 4) is 0 Å². The van der Waals surface area contributed by atoms with Gasteiger partial charge in [-0.05, 0) is 20.8 Å². The molecule has 0 aliphatic heterocycles. The molecule has 1 rings (SSSR count). The summed E-state index contributed by atoms with van der Waals surface area (Å²) in [6.45, 7) is 10.9. The molecule has 0 aromatic carbocycles. The van der Waals surface area contributed by atoms with Crippen LogP contribution in [0.3, 0.4) is 0 Å². The number of hydrogen-bond acceptors (Lipinski definition) is 3. The van der Waals surface area contributed by atoms with E-state index in [4.69, 9.17) is 0 Å². The molecule has 16 heavy (non-hydrogen) atoms. The molecule has 0 atom stereocenters. The molecule has 4 heteroatoms. The van der Waals surface area contributed by atoms with Crippen molar-refractivity contribution in [2.45, 2.75) is 52.6 Å². The zero-order valence-electron chi connectivity index (χ0n) is 10.7. The van der Waals surface area contributed by atoms with Crippen molar-refractivity contribution in [1.29, 1.82) is 0 Å². The summed E-state index contributed by atoms with van der Waals surface area (Å²) in [4.78, 5) is 18.6. The third kappa shape index (κ3) is 4.14. The molecule has 0 saturated carbocycles. The molecule has 0 aliphatic rings. The van der Waals surface area contributed by atoms with Gasteiger partial charge in [0.15, 0.2) is 0 Å². The van der Waals surface area contributed by atoms with Gasteiger partial charge in [-0.2, -0.15) is 0 Å². The Bertz CT molecular complexity index is 401. The van der Waals surface area contributed by atoms with Gasteiger partial charge in [0, 0.05) is 24.1 Å². The van der Waals surface area contributed by atoms with Crippen LogP contribution in [-0.4, -0.2) is 15.5 Å². The fourth-order valence-electron chi connectivity index (χ4n) is 1.25. The van der Waals surface area contributed by atoms with E-state index in [1.807, 2.05) is 13.8 Å². The van der Waals surface area contributed by atoms with Crippen LogP contribution in [-0.2, 0) is 6.54 Å². The van der Waals surface area contributed by atoms with Crippen molar-refractivity contribution in [1.82, 2.24) is 15.3 Å². The average Bonchev–Trinajstić information content (AvgIpc) is 2.13. The quantitative estimate of drug-likeness (QED) is 0.821. The number of nitrogens with one attached hydrogen (secondary N) is 2. The predicted molar refractivity (Wildman–Crippen MR) is 65.5 cm³/mol. The van der Waals surface area contributed by atoms with Gasteiger partial charge < -0.3 is 10.3 Å². The first-order valence-electron chi connectivity index (χ1n) is 5.63. The highest BCUT2D eigenvalue weighted by atomic mass is 16.1. The van der Waals surface area contributed by atoms with Crippen LogP contribution in [0.15, 0.2) is 10.9 Å². The van der Waals surface area contributed by atoms with Gasteiger partial charge in [-0.25, -0.2) is 4.98 Å². The summed E-state index contributed by atoms with van der Waals surface area (Å²) in [6.07, 6.45) is 0. The van der Waals surface area contributed by atoms with Crippen LogP contribution in [0.5, 0.6) is 0 Å². The van der Waals surface area contributed by atoms with Gasteiger partial charge in [0.25, 0.3) is 5.56 Å². The summed E-state index contributed by atoms with van der Waals surface area (Å²) in [5, 5.41) is 3.32. The van der Waals surface area contributed by atoms with E-state index < -0.39 is 0 Å². The van der Waals surface area contributed by atoms with Gasteiger partial charge in [0.2, 0.25) is 0 Å². The highest BCUT2D eigenvalue weighted by Crippen LogP contribution is 2.07. The molecule has 1 aromatic heterocycles. The summed E-state index contributed by atoms with van der Waals surface area (Å²) in [7, 11) is 0. The lowest BCUT2D eigenvalue weighted by molar-refractivity contribution is 0.420. The second kappa shape index (κ2) is 4.78. The summed E-state index contributed by atoms with van der Waals surface area (Å²) in [5.41, 5.74) is 0.745. The van der Waals surface area contributed by atoms with Gasteiger partial charge in [-0.1, -0.05) is 13.8 Å². The average molecular weight is 223 g/mol. The fraction of sp³-hybridized carbons (Fsp3) is 0.667. The van der Waals surface area contributed by atoms with Crippen LogP contribution < -0.4 is 10.9 Å². The van der Waals surface area contributed by atoms with E-state index in [9.17, 15) is 4.79 Å². The topological polar surface area (TPSA) is 57.8 Å². The van der Waals surface area contributed by atoms with E-state index in [2.05, 4.69) is 36.1 Å². The Morgan fingerprint density at radius 2 is 2.06 bits per heavy atom. The minimum atomic E-state index is -0.0793. The highest BCUT2D eigenvalue weighted by molar-refractivity contribution is 5.05. The molecule has 0 radical (unpaired) electrons. The normalized spacial score (nSPS) is 12.1. The lowest BCUT2D eigenvalue weighted by Crippen LogP contribution is -2.35. The first-order valence-corrected chi connectivity index (χ1v) is 5.63. The maximum absolute atomic E-state index is 11.4. The molecular weight excluding hydrogens is 202 g/mol. The lowest BCUT2D eigenvalue weighted by Gasteiger charge is -2.20. The number of H-pyrrole nitrogens is 1. The van der Waals surface area contributed by atoms with Crippen LogP contribution in [0.4, 0.5) is 0 Å². The standard InChI is InChI=1S/C12H21N3O/c1-8(2)11-14-9(6-10(16)15-11)7-13-12(3,4)5/h6,8,13H,7H2,1-5H3,(H,14,15,16). The second-order valence-corrected chi connectivity index (χ2v) is 5.38. The van der Waals surface area contributed by atoms with Gasteiger partial charge in [-0.15, -0.1) is 0 Å². The molecule has 0 unspecified atom stereocenters. The van der Waals surface area contributed by atoms with Crippen molar-refractivity contribution in [3.05, 3.63) is 27.9 Å². The van der Waals surface area contributed by atoms with Gasteiger partial charge in [0.05, 0.1) is 5.69 Å². The third-order valence-electron chi connectivity index (χ3n) is 2.16. The van der Waals surface area contributed by atoms with Crippen molar-refractivity contribution >= 4 is 0 Å². The molecule has 4 nitrogen and oxygen atoms in total. The summed E-state index contributed by atoms with van der Waals surface area (Å²) >= 11 is 0. The monoisotopic (exact) mass is 223 g/mol. The SMILES string of the molecule is CC(C)c1nc(CNC(C)(C)C)cc(=O)[nH]1. The number of rotatable bonds is 3. The summed E-state index contributed by atoms with van der Waals surface area (Å²) in [6, 6.07) is 1.55. The van der Waals surface area contributed by atoms with E-state index >= 15 is 0 Å². The highest BCUT2D eigenvalue weighted by Gasteiger charge is 2.10. The molecule has 1 aromatic rings. The van der Waals surface area contributed by atoms with E-state index in [0.717, 1.165) is 11.5 Å². The smallest absolute Gasteiger partial charge is 0.251 e. The largest absolute Gasteiger partial charge is 0.310 e. The Morgan fingerprint density at radius 3 is 2.56 bits per heavy atom. The molecule has 0 aliphatic carbocycles. The van der Waals surface area contributed by atoms with Crippen molar-refractivity contribution in [2.24, 2.45) is 0 Å². The molecule has 0 fully saturated rings. The van der Waals surface area contributed by atoms with Crippen molar-refractivity contribution in [2.75, 3.05) is 0 Å². The summed E-state index contributed by atoms with van der Waals surface area (Å²) < 4.78 is 0. The number of nitrogens with zero attached hydrogens (tertiary/aromatic N) is 1. The Balaban J connectivity index is 2.85. The molecule has 0 amide bonds. The molecule has 90 valence electrons. The van der Waals surface area contributed by atoms with Crippen LogP contribution in [0.2, 0.25) is 0 Å². The number of hydrogen-bond donors (Lipinski definition) is 2. The van der Waals surface area contributed by atoms with Crippen LogP contribution in [0.25, 0.3) is 0 Å². The van der Waals surface area contributed by atoms with Crippen molar-refractivity contribution in [3.63, 3.8) is 0 Å². The second-order valence-electron chi connectivity index (χ2n) is 5.38. The van der Waals surface area contributed by atoms with Crippen LogP contribution in [0.1, 0.15) is 52.1 Å². The molecule has 0 bridgehead atoms. The summed E-state index contributed by atoms with van der Waals surface area (Å²) in [5.74, 6) is 0.987. The maximum Gasteiger partial charge on any atom is 0.251 e. The van der Waals surface area contributed by atoms with Gasteiger partial charge in [0.1, 0.15) is 5.82 Å². The minimum absolute atomic E-state index is 0.0300. The lowest BCUT2D eigenvalue weighted by atomic mass is 10.1. The fourth-order valence-corrected chi connectivity index (χ4v) is 1.25. The van der Waals surface area contributed by atoms with Gasteiger partial charge >= 0.3 is 0 Å². The van der Waals surface area contributed by atoms with Crippen LogP contribution in [0, 0.1) is 0 Å². The Morgan fingerprint density at radius 1 is 1.44 bits per heavy atom. The predicted octanol–water partition coefficient (Wildman–Crippen LogP) is 1.78. The maximum atomic E-state index is 11.4. The van der Waals surface area contributed by atoms with Gasteiger partial charge in [-0.3, -0.25) is 4.79 Å². The number of aromatic nitrogens is 2. The first kappa shape index (κ1) is 12.9. The molecule has 0 spiro atoms. The third-order valence-corrected chi connectivity index (χ3v) is 2.16. The van der Waals surface area contributed by atoms with E-state index in [1.54, 1.807) is 6.07 Å². The number of aromatic amines is 1. The van der Waals surface area contributed by atoms with Crippen LogP contribution >= 0.6 is 0 Å². The molecule has 0 saturated heterocycles. The molecular formula is C12H21N3O. The minimum Gasteiger partial charge on any atom is -0.310 e. The zero-order chi connectivity index (χ0) is 12.3. The van der Waals surface area contributed by atoms with E-state index in [1.165, 1.54) is 0 Å². The molecule has 2 N–H and O–H groups in total. The van der Waals surface area contributed by atoms with Crippen molar-refractivity contribution < 1.29 is 0 Å². The zero-order valence-corrected chi connectivity index (χ0v) is 10.7. The Kier molecular flexibility index (Phi) is 3.86. The Labute approximate surface area is 96.5 Å². The first-order chi connectivity index (χ1) is 7.28.